The fourth-order valence-electron chi connectivity index (χ4n) is 1.57. The Morgan fingerprint density at radius 2 is 2.04 bits per heavy atom. The largest absolute Gasteiger partial charge is 0.480 e. The molecule has 0 aliphatic carbocycles. The van der Waals surface area contributed by atoms with Crippen LogP contribution < -0.4 is 4.74 Å². The van der Waals surface area contributed by atoms with E-state index in [0.717, 1.165) is 19.2 Å². The number of benzene rings is 1. The summed E-state index contributed by atoms with van der Waals surface area (Å²) in [6.45, 7) is -0.506. The highest BCUT2D eigenvalue weighted by atomic mass is 35.5. The molecule has 0 atom stereocenters. The van der Waals surface area contributed by atoms with E-state index in [-0.39, 0.29) is 16.3 Å². The van der Waals surface area contributed by atoms with Crippen molar-refractivity contribution in [1.29, 1.82) is 0 Å². The van der Waals surface area contributed by atoms with Crippen LogP contribution in [0.5, 0.6) is 5.75 Å². The minimum Gasteiger partial charge on any atom is -0.480 e. The van der Waals surface area contributed by atoms with Gasteiger partial charge in [-0.25, -0.2) is 9.18 Å². The molecule has 10 heteroatoms. The van der Waals surface area contributed by atoms with Crippen molar-refractivity contribution in [1.82, 2.24) is 5.16 Å². The maximum Gasteiger partial charge on any atom is 0.452 e. The molecule has 2 rings (SSSR count). The van der Waals surface area contributed by atoms with E-state index < -0.39 is 36.0 Å². The van der Waals surface area contributed by atoms with Gasteiger partial charge in [-0.15, -0.1) is 0 Å². The lowest BCUT2D eigenvalue weighted by molar-refractivity contribution is -0.155. The minimum absolute atomic E-state index is 0.120. The average Bonchev–Trinajstić information content (AvgIpc) is 2.95. The summed E-state index contributed by atoms with van der Waals surface area (Å²) < 4.78 is 64.9. The van der Waals surface area contributed by atoms with Gasteiger partial charge in [0.05, 0.1) is 12.1 Å². The maximum absolute atomic E-state index is 13.9. The summed E-state index contributed by atoms with van der Waals surface area (Å²) in [7, 11) is 1.14. The van der Waals surface area contributed by atoms with Gasteiger partial charge in [-0.05, 0) is 12.1 Å². The summed E-state index contributed by atoms with van der Waals surface area (Å²) in [6, 6.07) is 2.38. The molecule has 1 aromatic heterocycles. The molecule has 0 aliphatic heterocycles. The Balaban J connectivity index is 2.35. The molecule has 0 saturated carbocycles. The number of carbonyl (C=O) groups is 1. The first kappa shape index (κ1) is 17.1. The van der Waals surface area contributed by atoms with E-state index in [1.54, 1.807) is 0 Å². The van der Waals surface area contributed by atoms with Crippen LogP contribution in [0.4, 0.5) is 17.6 Å². The second-order valence-corrected chi connectivity index (χ2v) is 4.61. The summed E-state index contributed by atoms with van der Waals surface area (Å²) >= 11 is 5.75. The molecule has 0 aliphatic rings. The molecular weight excluding hydrogens is 346 g/mol. The number of hydrogen-bond donors (Lipinski definition) is 0. The van der Waals surface area contributed by atoms with Crippen molar-refractivity contribution >= 4 is 17.6 Å². The molecule has 1 heterocycles. The van der Waals surface area contributed by atoms with Gasteiger partial charge in [-0.2, -0.15) is 13.2 Å². The second kappa shape index (κ2) is 6.45. The average molecular weight is 354 g/mol. The van der Waals surface area contributed by atoms with Crippen LogP contribution in [-0.4, -0.2) is 24.8 Å². The molecule has 0 bridgehead atoms. The van der Waals surface area contributed by atoms with Gasteiger partial charge in [0.2, 0.25) is 5.76 Å². The lowest BCUT2D eigenvalue weighted by atomic mass is 10.1. The molecule has 0 unspecified atom stereocenters. The third kappa shape index (κ3) is 3.92. The summed E-state index contributed by atoms with van der Waals surface area (Å²) in [5.74, 6) is -3.14. The lowest BCUT2D eigenvalue weighted by Crippen LogP contribution is -2.12. The van der Waals surface area contributed by atoms with Crippen LogP contribution in [0.1, 0.15) is 5.76 Å². The number of hydrogen-bond acceptors (Lipinski definition) is 5. The second-order valence-electron chi connectivity index (χ2n) is 4.20. The monoisotopic (exact) mass is 353 g/mol. The van der Waals surface area contributed by atoms with Crippen LogP contribution in [0.3, 0.4) is 0 Å². The van der Waals surface area contributed by atoms with Crippen LogP contribution in [0.25, 0.3) is 11.3 Å². The number of nitrogens with zero attached hydrogens (tertiary/aromatic N) is 1. The quantitative estimate of drug-likeness (QED) is 0.619. The predicted molar refractivity (Wildman–Crippen MR) is 69.4 cm³/mol. The van der Waals surface area contributed by atoms with E-state index in [2.05, 4.69) is 14.4 Å². The zero-order valence-electron chi connectivity index (χ0n) is 11.4. The molecule has 0 saturated heterocycles. The molecule has 0 radical (unpaired) electrons. The Kier molecular flexibility index (Phi) is 4.79. The van der Waals surface area contributed by atoms with E-state index >= 15 is 0 Å². The smallest absolute Gasteiger partial charge is 0.452 e. The van der Waals surface area contributed by atoms with E-state index in [1.807, 2.05) is 0 Å². The van der Waals surface area contributed by atoms with Crippen molar-refractivity contribution in [2.45, 2.75) is 6.18 Å². The SMILES string of the molecule is COC(=O)COc1cc(-c2cc(C(F)(F)F)on2)c(F)cc1Cl. The third-order valence-corrected chi connectivity index (χ3v) is 2.96. The lowest BCUT2D eigenvalue weighted by Gasteiger charge is -2.09. The molecule has 23 heavy (non-hydrogen) atoms. The van der Waals surface area contributed by atoms with Crippen molar-refractivity contribution < 1.29 is 36.4 Å². The highest BCUT2D eigenvalue weighted by molar-refractivity contribution is 6.32. The molecule has 1 aromatic carbocycles. The standard InChI is InChI=1S/C13H8ClF4NO4/c1-21-12(20)5-22-10-2-6(8(15)3-7(10)14)9-4-11(23-19-9)13(16,17)18/h2-4H,5H2,1H3. The number of rotatable bonds is 4. The molecule has 0 fully saturated rings. The number of methoxy groups -OCH3 is 1. The topological polar surface area (TPSA) is 61.6 Å². The minimum atomic E-state index is -4.75. The molecule has 2 aromatic rings. The van der Waals surface area contributed by atoms with Crippen LogP contribution in [-0.2, 0) is 15.7 Å². The van der Waals surface area contributed by atoms with Gasteiger partial charge in [0.25, 0.3) is 0 Å². The van der Waals surface area contributed by atoms with Gasteiger partial charge in [0.15, 0.2) is 6.61 Å². The summed E-state index contributed by atoms with van der Waals surface area (Å²) in [5.41, 5.74) is -0.720. The van der Waals surface area contributed by atoms with E-state index in [9.17, 15) is 22.4 Å². The molecule has 0 N–H and O–H groups in total. The Morgan fingerprint density at radius 1 is 1.35 bits per heavy atom. The summed E-state index contributed by atoms with van der Waals surface area (Å²) in [5, 5.41) is 3.00. The summed E-state index contributed by atoms with van der Waals surface area (Å²) in [6.07, 6.45) is -4.75. The van der Waals surface area contributed by atoms with Gasteiger partial charge in [0, 0.05) is 11.6 Å². The zero-order valence-corrected chi connectivity index (χ0v) is 12.2. The van der Waals surface area contributed by atoms with Gasteiger partial charge in [0.1, 0.15) is 17.3 Å². The summed E-state index contributed by atoms with van der Waals surface area (Å²) in [4.78, 5) is 11.0. The number of esters is 1. The fourth-order valence-corrected chi connectivity index (χ4v) is 1.77. The Hall–Kier alpha value is -2.29. The maximum atomic E-state index is 13.9. The van der Waals surface area contributed by atoms with E-state index in [0.29, 0.717) is 6.07 Å². The van der Waals surface area contributed by atoms with Crippen LogP contribution >= 0.6 is 11.6 Å². The fraction of sp³-hybridized carbons (Fsp3) is 0.231. The zero-order chi connectivity index (χ0) is 17.2. The number of aromatic nitrogens is 1. The van der Waals surface area contributed by atoms with E-state index in [1.165, 1.54) is 0 Å². The van der Waals surface area contributed by atoms with Crippen molar-refractivity contribution in [2.24, 2.45) is 0 Å². The van der Waals surface area contributed by atoms with Crippen LogP contribution in [0, 0.1) is 5.82 Å². The predicted octanol–water partition coefficient (Wildman–Crippen LogP) is 3.70. The number of ether oxygens (including phenoxy) is 2. The van der Waals surface area contributed by atoms with Crippen molar-refractivity contribution in [3.63, 3.8) is 0 Å². The number of carbonyl (C=O) groups excluding carboxylic acids is 1. The first-order chi connectivity index (χ1) is 10.7. The van der Waals surface area contributed by atoms with Crippen molar-refractivity contribution in [3.8, 4) is 17.0 Å². The molecule has 0 amide bonds. The van der Waals surface area contributed by atoms with Gasteiger partial charge in [-0.1, -0.05) is 16.8 Å². The number of halogens is 5. The van der Waals surface area contributed by atoms with Crippen LogP contribution in [0.15, 0.2) is 22.7 Å². The molecular formula is C13H8ClF4NO4. The highest BCUT2D eigenvalue weighted by Gasteiger charge is 2.36. The highest BCUT2D eigenvalue weighted by Crippen LogP contribution is 2.36. The van der Waals surface area contributed by atoms with Crippen molar-refractivity contribution in [3.05, 3.63) is 34.8 Å². The van der Waals surface area contributed by atoms with Crippen LogP contribution in [0.2, 0.25) is 5.02 Å². The molecule has 124 valence electrons. The van der Waals surface area contributed by atoms with Gasteiger partial charge in [-0.3, -0.25) is 0 Å². The first-order valence-electron chi connectivity index (χ1n) is 5.95. The number of alkyl halides is 3. The Morgan fingerprint density at radius 3 is 2.61 bits per heavy atom. The van der Waals surface area contributed by atoms with E-state index in [4.69, 9.17) is 16.3 Å². The Labute approximate surface area is 131 Å². The van der Waals surface area contributed by atoms with Gasteiger partial charge < -0.3 is 14.0 Å². The molecule has 5 nitrogen and oxygen atoms in total. The first-order valence-corrected chi connectivity index (χ1v) is 6.33. The third-order valence-electron chi connectivity index (χ3n) is 2.66. The molecule has 0 spiro atoms. The normalized spacial score (nSPS) is 11.4. The van der Waals surface area contributed by atoms with Crippen molar-refractivity contribution in [2.75, 3.05) is 13.7 Å². The Bertz CT molecular complexity index is 729. The van der Waals surface area contributed by atoms with Gasteiger partial charge >= 0.3 is 12.1 Å².